The summed E-state index contributed by atoms with van der Waals surface area (Å²) in [6.45, 7) is 3.91. The fraction of sp³-hybridized carbons (Fsp3) is 0.158. The van der Waals surface area contributed by atoms with Crippen LogP contribution in [-0.4, -0.2) is 16.9 Å². The summed E-state index contributed by atoms with van der Waals surface area (Å²) in [5.74, 6) is 0.572. The Kier molecular flexibility index (Phi) is 4.91. The number of aromatic nitrogens is 1. The van der Waals surface area contributed by atoms with Gasteiger partial charge < -0.3 is 10.1 Å². The smallest absolute Gasteiger partial charge is 0.262 e. The number of aryl methyl sites for hydroxylation is 2. The van der Waals surface area contributed by atoms with E-state index in [1.54, 1.807) is 0 Å². The highest BCUT2D eigenvalue weighted by Gasteiger charge is 2.10. The third kappa shape index (κ3) is 3.81. The van der Waals surface area contributed by atoms with Crippen molar-refractivity contribution in [3.05, 3.63) is 65.7 Å². The maximum absolute atomic E-state index is 12.1. The molecule has 3 aromatic rings. The highest BCUT2D eigenvalue weighted by molar-refractivity contribution is 7.10. The standard InChI is InChI=1S/C19H18N2O2S/c1-13-7-6-8-14(2)19(13)23-12-17(22)20-18-11-16(21-24-18)15-9-4-3-5-10-15/h3-11H,12H2,1-2H3,(H,20,22). The number of carbonyl (C=O) groups is 1. The molecule has 3 rings (SSSR count). The molecule has 5 heteroatoms. The summed E-state index contributed by atoms with van der Waals surface area (Å²) in [6.07, 6.45) is 0. The summed E-state index contributed by atoms with van der Waals surface area (Å²) in [4.78, 5) is 12.1. The molecular weight excluding hydrogens is 320 g/mol. The van der Waals surface area contributed by atoms with Gasteiger partial charge in [0.15, 0.2) is 6.61 Å². The molecule has 24 heavy (non-hydrogen) atoms. The van der Waals surface area contributed by atoms with E-state index in [4.69, 9.17) is 4.74 Å². The van der Waals surface area contributed by atoms with Crippen LogP contribution in [0.2, 0.25) is 0 Å². The maximum atomic E-state index is 12.1. The lowest BCUT2D eigenvalue weighted by Crippen LogP contribution is -2.20. The number of para-hydroxylation sites is 1. The van der Waals surface area contributed by atoms with Crippen LogP contribution < -0.4 is 10.1 Å². The average Bonchev–Trinajstić information content (AvgIpc) is 3.03. The van der Waals surface area contributed by atoms with Crippen LogP contribution in [0.1, 0.15) is 11.1 Å². The third-order valence-electron chi connectivity index (χ3n) is 3.60. The van der Waals surface area contributed by atoms with Gasteiger partial charge in [0.2, 0.25) is 0 Å². The van der Waals surface area contributed by atoms with E-state index in [0.29, 0.717) is 5.00 Å². The van der Waals surface area contributed by atoms with Gasteiger partial charge in [-0.05, 0) is 36.5 Å². The highest BCUT2D eigenvalue weighted by atomic mass is 32.1. The molecule has 1 heterocycles. The first-order valence-electron chi connectivity index (χ1n) is 7.64. The van der Waals surface area contributed by atoms with Gasteiger partial charge in [0.25, 0.3) is 5.91 Å². The molecule has 0 aliphatic heterocycles. The van der Waals surface area contributed by atoms with Gasteiger partial charge in [-0.2, -0.15) is 4.37 Å². The first-order chi connectivity index (χ1) is 11.6. The predicted octanol–water partition coefficient (Wildman–Crippen LogP) is 4.44. The van der Waals surface area contributed by atoms with Crippen molar-refractivity contribution >= 4 is 22.4 Å². The molecule has 4 nitrogen and oxygen atoms in total. The van der Waals surface area contributed by atoms with Gasteiger partial charge in [-0.25, -0.2) is 0 Å². The Morgan fingerprint density at radius 1 is 1.08 bits per heavy atom. The first-order valence-corrected chi connectivity index (χ1v) is 8.42. The van der Waals surface area contributed by atoms with Crippen LogP contribution in [-0.2, 0) is 4.79 Å². The molecule has 0 unspecified atom stereocenters. The zero-order valence-electron chi connectivity index (χ0n) is 13.6. The molecule has 1 aromatic heterocycles. The molecule has 0 fully saturated rings. The van der Waals surface area contributed by atoms with Crippen molar-refractivity contribution in [3.63, 3.8) is 0 Å². The zero-order valence-corrected chi connectivity index (χ0v) is 14.4. The highest BCUT2D eigenvalue weighted by Crippen LogP contribution is 2.25. The van der Waals surface area contributed by atoms with E-state index in [2.05, 4.69) is 9.69 Å². The molecule has 0 saturated heterocycles. The number of benzene rings is 2. The number of carbonyl (C=O) groups excluding carboxylic acids is 1. The van der Waals surface area contributed by atoms with E-state index >= 15 is 0 Å². The van der Waals surface area contributed by atoms with Crippen LogP contribution in [0.5, 0.6) is 5.75 Å². The van der Waals surface area contributed by atoms with Gasteiger partial charge in [-0.15, -0.1) is 0 Å². The van der Waals surface area contributed by atoms with Crippen LogP contribution in [0.3, 0.4) is 0 Å². The lowest BCUT2D eigenvalue weighted by Gasteiger charge is -2.11. The van der Waals surface area contributed by atoms with Gasteiger partial charge in [0.1, 0.15) is 10.8 Å². The van der Waals surface area contributed by atoms with Gasteiger partial charge >= 0.3 is 0 Å². The van der Waals surface area contributed by atoms with Crippen molar-refractivity contribution in [2.45, 2.75) is 13.8 Å². The summed E-state index contributed by atoms with van der Waals surface area (Å²) < 4.78 is 10.0. The summed E-state index contributed by atoms with van der Waals surface area (Å²) >= 11 is 1.26. The Hall–Kier alpha value is -2.66. The van der Waals surface area contributed by atoms with E-state index in [-0.39, 0.29) is 12.5 Å². The molecule has 0 atom stereocenters. The molecule has 0 bridgehead atoms. The number of hydrogen-bond acceptors (Lipinski definition) is 4. The van der Waals surface area contributed by atoms with E-state index in [1.165, 1.54) is 11.5 Å². The first kappa shape index (κ1) is 16.2. The lowest BCUT2D eigenvalue weighted by molar-refractivity contribution is -0.118. The molecule has 0 spiro atoms. The molecule has 122 valence electrons. The number of rotatable bonds is 5. The van der Waals surface area contributed by atoms with Crippen molar-refractivity contribution in [2.75, 3.05) is 11.9 Å². The molecule has 2 aromatic carbocycles. The fourth-order valence-corrected chi connectivity index (χ4v) is 3.10. The van der Waals surface area contributed by atoms with Crippen molar-refractivity contribution in [3.8, 4) is 17.0 Å². The van der Waals surface area contributed by atoms with E-state index in [0.717, 1.165) is 28.1 Å². The minimum Gasteiger partial charge on any atom is -0.483 e. The largest absolute Gasteiger partial charge is 0.483 e. The van der Waals surface area contributed by atoms with Crippen molar-refractivity contribution < 1.29 is 9.53 Å². The van der Waals surface area contributed by atoms with E-state index in [1.807, 2.05) is 68.4 Å². The Morgan fingerprint density at radius 2 is 1.79 bits per heavy atom. The zero-order chi connectivity index (χ0) is 16.9. The molecule has 0 saturated carbocycles. The predicted molar refractivity (Wildman–Crippen MR) is 97.6 cm³/mol. The molecular formula is C19H18N2O2S. The van der Waals surface area contributed by atoms with Gasteiger partial charge in [0, 0.05) is 11.6 Å². The number of nitrogens with one attached hydrogen (secondary N) is 1. The van der Waals surface area contributed by atoms with E-state index < -0.39 is 0 Å². The Balaban J connectivity index is 1.61. The quantitative estimate of drug-likeness (QED) is 0.748. The molecule has 0 aliphatic rings. The van der Waals surface area contributed by atoms with Gasteiger partial charge in [-0.3, -0.25) is 4.79 Å². The maximum Gasteiger partial charge on any atom is 0.262 e. The second-order valence-corrected chi connectivity index (χ2v) is 6.31. The fourth-order valence-electron chi connectivity index (χ4n) is 2.42. The lowest BCUT2D eigenvalue weighted by atomic mass is 10.1. The van der Waals surface area contributed by atoms with Crippen molar-refractivity contribution in [1.82, 2.24) is 4.37 Å². The van der Waals surface area contributed by atoms with Gasteiger partial charge in [-0.1, -0.05) is 48.5 Å². The average molecular weight is 338 g/mol. The topological polar surface area (TPSA) is 51.2 Å². The minimum atomic E-state index is -0.194. The van der Waals surface area contributed by atoms with Gasteiger partial charge in [0.05, 0.1) is 5.69 Å². The van der Waals surface area contributed by atoms with E-state index in [9.17, 15) is 4.79 Å². The third-order valence-corrected chi connectivity index (χ3v) is 4.30. The monoisotopic (exact) mass is 338 g/mol. The molecule has 1 N–H and O–H groups in total. The molecule has 0 radical (unpaired) electrons. The SMILES string of the molecule is Cc1cccc(C)c1OCC(=O)Nc1cc(-c2ccccc2)ns1. The van der Waals surface area contributed by atoms with Crippen LogP contribution in [0, 0.1) is 13.8 Å². The number of ether oxygens (including phenoxy) is 1. The molecule has 0 aliphatic carbocycles. The summed E-state index contributed by atoms with van der Waals surface area (Å²) in [6, 6.07) is 17.7. The molecule has 1 amide bonds. The summed E-state index contributed by atoms with van der Waals surface area (Å²) in [7, 11) is 0. The number of hydrogen-bond donors (Lipinski definition) is 1. The van der Waals surface area contributed by atoms with Crippen LogP contribution in [0.4, 0.5) is 5.00 Å². The normalized spacial score (nSPS) is 10.4. The van der Waals surface area contributed by atoms with Crippen LogP contribution in [0.25, 0.3) is 11.3 Å². The van der Waals surface area contributed by atoms with Crippen molar-refractivity contribution in [2.24, 2.45) is 0 Å². The Labute approximate surface area is 145 Å². The van der Waals surface area contributed by atoms with Crippen LogP contribution >= 0.6 is 11.5 Å². The number of anilines is 1. The minimum absolute atomic E-state index is 0.0235. The summed E-state index contributed by atoms with van der Waals surface area (Å²) in [5.41, 5.74) is 3.92. The number of amides is 1. The number of nitrogens with zero attached hydrogens (tertiary/aromatic N) is 1. The second kappa shape index (κ2) is 7.27. The Bertz CT molecular complexity index is 823. The summed E-state index contributed by atoms with van der Waals surface area (Å²) in [5, 5.41) is 3.55. The second-order valence-electron chi connectivity index (χ2n) is 5.50. The van der Waals surface area contributed by atoms with Crippen molar-refractivity contribution in [1.29, 1.82) is 0 Å². The van der Waals surface area contributed by atoms with Crippen LogP contribution in [0.15, 0.2) is 54.6 Å². The Morgan fingerprint density at radius 3 is 2.50 bits per heavy atom.